The largest absolute Gasteiger partial charge is 0.373 e. The van der Waals surface area contributed by atoms with E-state index in [1.807, 2.05) is 12.1 Å². The maximum Gasteiger partial charge on any atom is 0.331 e. The standard InChI is InChI=1S/C17H16ClN3O3/c1-19-15-12-9-24-8-7-21(12)14(10-3-5-11(18)6-4-10)13(15)16(22)20(2)17(19)23/h3-6H,7-9H2,1-2H3. The molecule has 0 bridgehead atoms. The van der Waals surface area contributed by atoms with E-state index in [0.29, 0.717) is 35.7 Å². The Kier molecular flexibility index (Phi) is 3.40. The number of aromatic nitrogens is 3. The quantitative estimate of drug-likeness (QED) is 0.676. The third-order valence-electron chi connectivity index (χ3n) is 4.59. The highest BCUT2D eigenvalue weighted by Gasteiger charge is 2.26. The molecule has 3 aromatic rings. The van der Waals surface area contributed by atoms with Crippen LogP contribution >= 0.6 is 11.6 Å². The van der Waals surface area contributed by atoms with Crippen LogP contribution in [0.2, 0.25) is 5.02 Å². The third-order valence-corrected chi connectivity index (χ3v) is 4.84. The van der Waals surface area contributed by atoms with Crippen molar-refractivity contribution in [1.82, 2.24) is 13.7 Å². The third kappa shape index (κ3) is 2.00. The maximum absolute atomic E-state index is 12.8. The van der Waals surface area contributed by atoms with Crippen molar-refractivity contribution in [2.75, 3.05) is 6.61 Å². The summed E-state index contributed by atoms with van der Waals surface area (Å²) in [5, 5.41) is 1.18. The van der Waals surface area contributed by atoms with Crippen molar-refractivity contribution in [2.45, 2.75) is 13.2 Å². The molecule has 24 heavy (non-hydrogen) atoms. The molecule has 0 spiro atoms. The highest BCUT2D eigenvalue weighted by atomic mass is 35.5. The van der Waals surface area contributed by atoms with Gasteiger partial charge in [0.25, 0.3) is 5.56 Å². The van der Waals surface area contributed by atoms with E-state index in [4.69, 9.17) is 16.3 Å². The number of halogens is 1. The van der Waals surface area contributed by atoms with Gasteiger partial charge in [0.05, 0.1) is 35.5 Å². The van der Waals surface area contributed by atoms with Crippen LogP contribution in [0.15, 0.2) is 33.9 Å². The lowest BCUT2D eigenvalue weighted by molar-refractivity contribution is 0.0864. The van der Waals surface area contributed by atoms with Crippen LogP contribution < -0.4 is 11.2 Å². The average Bonchev–Trinajstić information content (AvgIpc) is 2.94. The molecule has 1 aromatic carbocycles. The molecular formula is C17H16ClN3O3. The van der Waals surface area contributed by atoms with Gasteiger partial charge in [-0.15, -0.1) is 0 Å². The van der Waals surface area contributed by atoms with Crippen LogP contribution in [0.5, 0.6) is 0 Å². The first kappa shape index (κ1) is 15.2. The molecule has 2 aromatic heterocycles. The Morgan fingerprint density at radius 2 is 1.79 bits per heavy atom. The van der Waals surface area contributed by atoms with E-state index >= 15 is 0 Å². The van der Waals surface area contributed by atoms with E-state index < -0.39 is 0 Å². The lowest BCUT2D eigenvalue weighted by Gasteiger charge is -2.19. The van der Waals surface area contributed by atoms with Crippen molar-refractivity contribution in [1.29, 1.82) is 0 Å². The van der Waals surface area contributed by atoms with Gasteiger partial charge in [-0.1, -0.05) is 23.7 Å². The summed E-state index contributed by atoms with van der Waals surface area (Å²) in [5.41, 5.74) is 2.59. The predicted molar refractivity (Wildman–Crippen MR) is 92.5 cm³/mol. The van der Waals surface area contributed by atoms with Crippen LogP contribution in [0.1, 0.15) is 5.69 Å². The van der Waals surface area contributed by atoms with E-state index in [2.05, 4.69) is 4.57 Å². The van der Waals surface area contributed by atoms with Crippen molar-refractivity contribution in [3.8, 4) is 11.3 Å². The van der Waals surface area contributed by atoms with Crippen LogP contribution in [-0.2, 0) is 32.0 Å². The predicted octanol–water partition coefficient (Wildman–Crippen LogP) is 1.89. The fourth-order valence-corrected chi connectivity index (χ4v) is 3.54. The van der Waals surface area contributed by atoms with Crippen molar-refractivity contribution in [3.05, 3.63) is 55.8 Å². The zero-order chi connectivity index (χ0) is 17.0. The van der Waals surface area contributed by atoms with E-state index in [9.17, 15) is 9.59 Å². The van der Waals surface area contributed by atoms with Gasteiger partial charge in [0, 0.05) is 25.7 Å². The summed E-state index contributed by atoms with van der Waals surface area (Å²) in [6.07, 6.45) is 0. The molecule has 1 aliphatic heterocycles. The second-order valence-corrected chi connectivity index (χ2v) is 6.37. The molecule has 0 aliphatic carbocycles. The van der Waals surface area contributed by atoms with E-state index in [0.717, 1.165) is 21.5 Å². The second kappa shape index (κ2) is 5.36. The van der Waals surface area contributed by atoms with Crippen molar-refractivity contribution in [3.63, 3.8) is 0 Å². The van der Waals surface area contributed by atoms with E-state index in [1.54, 1.807) is 19.2 Å². The zero-order valence-corrected chi connectivity index (χ0v) is 14.1. The molecule has 6 nitrogen and oxygen atoms in total. The fourth-order valence-electron chi connectivity index (χ4n) is 3.42. The summed E-state index contributed by atoms with van der Waals surface area (Å²) < 4.78 is 10.3. The maximum atomic E-state index is 12.8. The molecule has 0 saturated heterocycles. The Bertz CT molecular complexity index is 1070. The molecule has 0 fully saturated rings. The SMILES string of the molecule is Cn1c(=O)c2c(-c3ccc(Cl)cc3)n3c(c2n(C)c1=O)COCC3. The first-order chi connectivity index (χ1) is 11.5. The van der Waals surface area contributed by atoms with Gasteiger partial charge in [0.15, 0.2) is 0 Å². The molecule has 0 atom stereocenters. The van der Waals surface area contributed by atoms with Gasteiger partial charge in [0.1, 0.15) is 0 Å². The van der Waals surface area contributed by atoms with Crippen molar-refractivity contribution >= 4 is 22.5 Å². The summed E-state index contributed by atoms with van der Waals surface area (Å²) >= 11 is 6.00. The summed E-state index contributed by atoms with van der Waals surface area (Å²) in [7, 11) is 3.19. The Morgan fingerprint density at radius 1 is 1.08 bits per heavy atom. The molecule has 3 heterocycles. The highest BCUT2D eigenvalue weighted by molar-refractivity contribution is 6.30. The lowest BCUT2D eigenvalue weighted by atomic mass is 10.1. The molecule has 124 valence electrons. The number of benzene rings is 1. The van der Waals surface area contributed by atoms with Gasteiger partial charge in [-0.25, -0.2) is 4.79 Å². The monoisotopic (exact) mass is 345 g/mol. The van der Waals surface area contributed by atoms with Crippen LogP contribution in [0.3, 0.4) is 0 Å². The minimum atomic E-state index is -0.339. The molecule has 4 rings (SSSR count). The van der Waals surface area contributed by atoms with Gasteiger partial charge in [-0.05, 0) is 17.7 Å². The molecule has 0 saturated carbocycles. The van der Waals surface area contributed by atoms with Gasteiger partial charge in [-0.2, -0.15) is 0 Å². The van der Waals surface area contributed by atoms with E-state index in [1.165, 1.54) is 11.6 Å². The van der Waals surface area contributed by atoms with Crippen LogP contribution in [0, 0.1) is 0 Å². The first-order valence-corrected chi connectivity index (χ1v) is 8.03. The van der Waals surface area contributed by atoms with Crippen molar-refractivity contribution in [2.24, 2.45) is 14.1 Å². The molecule has 7 heteroatoms. The number of hydrogen-bond donors (Lipinski definition) is 0. The number of rotatable bonds is 1. The highest BCUT2D eigenvalue weighted by Crippen LogP contribution is 2.33. The zero-order valence-electron chi connectivity index (χ0n) is 13.4. The summed E-state index contributed by atoms with van der Waals surface area (Å²) in [4.78, 5) is 25.2. The molecular weight excluding hydrogens is 330 g/mol. The van der Waals surface area contributed by atoms with Crippen LogP contribution in [0.25, 0.3) is 22.2 Å². The molecule has 0 unspecified atom stereocenters. The Balaban J connectivity index is 2.23. The Morgan fingerprint density at radius 3 is 2.50 bits per heavy atom. The topological polar surface area (TPSA) is 58.2 Å². The molecule has 0 amide bonds. The summed E-state index contributed by atoms with van der Waals surface area (Å²) in [5.74, 6) is 0. The van der Waals surface area contributed by atoms with Gasteiger partial charge < -0.3 is 9.30 Å². The number of nitrogens with zero attached hydrogens (tertiary/aromatic N) is 3. The van der Waals surface area contributed by atoms with Gasteiger partial charge in [0.2, 0.25) is 0 Å². The van der Waals surface area contributed by atoms with E-state index in [-0.39, 0.29) is 11.2 Å². The smallest absolute Gasteiger partial charge is 0.331 e. The Hall–Kier alpha value is -2.31. The average molecular weight is 346 g/mol. The molecule has 1 aliphatic rings. The molecule has 0 N–H and O–H groups in total. The number of hydrogen-bond acceptors (Lipinski definition) is 3. The number of aryl methyl sites for hydroxylation is 1. The second-order valence-electron chi connectivity index (χ2n) is 5.94. The van der Waals surface area contributed by atoms with Crippen LogP contribution in [-0.4, -0.2) is 20.3 Å². The van der Waals surface area contributed by atoms with Gasteiger partial charge >= 0.3 is 5.69 Å². The minimum Gasteiger partial charge on any atom is -0.373 e. The summed E-state index contributed by atoms with van der Waals surface area (Å²) in [6.45, 7) is 1.59. The minimum absolute atomic E-state index is 0.292. The normalized spacial score (nSPS) is 14.1. The van der Waals surface area contributed by atoms with Gasteiger partial charge in [-0.3, -0.25) is 13.9 Å². The number of ether oxygens (including phenoxy) is 1. The summed E-state index contributed by atoms with van der Waals surface area (Å²) in [6, 6.07) is 7.39. The fraction of sp³-hybridized carbons (Fsp3) is 0.294. The molecule has 0 radical (unpaired) electrons. The number of fused-ring (bicyclic) bond motifs is 3. The first-order valence-electron chi connectivity index (χ1n) is 7.65. The van der Waals surface area contributed by atoms with Crippen LogP contribution in [0.4, 0.5) is 0 Å². The Labute approximate surface area is 142 Å². The lowest BCUT2D eigenvalue weighted by Crippen LogP contribution is -2.36. The van der Waals surface area contributed by atoms with Crippen molar-refractivity contribution < 1.29 is 4.74 Å².